The lowest BCUT2D eigenvalue weighted by Gasteiger charge is -2.24. The van der Waals surface area contributed by atoms with Gasteiger partial charge in [-0.05, 0) is 34.8 Å². The van der Waals surface area contributed by atoms with E-state index in [0.717, 1.165) is 16.4 Å². The average molecular weight is 379 g/mol. The fraction of sp³-hybridized carbons (Fsp3) is 0.500. The van der Waals surface area contributed by atoms with Gasteiger partial charge in [0.05, 0.1) is 23.4 Å². The maximum absolute atomic E-state index is 11.9. The van der Waals surface area contributed by atoms with Gasteiger partial charge in [-0.25, -0.2) is 18.4 Å². The summed E-state index contributed by atoms with van der Waals surface area (Å²) in [5.74, 6) is 1.32. The first kappa shape index (κ1) is 14.3. The summed E-state index contributed by atoms with van der Waals surface area (Å²) in [5.41, 5.74) is 1.43. The van der Waals surface area contributed by atoms with Crippen LogP contribution in [0.25, 0.3) is 11.2 Å². The summed E-state index contributed by atoms with van der Waals surface area (Å²) in [6, 6.07) is 1.74. The Labute approximate surface area is 130 Å². The summed E-state index contributed by atoms with van der Waals surface area (Å²) >= 11 is 9.32. The Morgan fingerprint density at radius 1 is 1.50 bits per heavy atom. The van der Waals surface area contributed by atoms with Crippen molar-refractivity contribution in [2.75, 3.05) is 11.5 Å². The van der Waals surface area contributed by atoms with Crippen LogP contribution >= 0.6 is 27.5 Å². The van der Waals surface area contributed by atoms with E-state index in [9.17, 15) is 8.42 Å². The standard InChI is InChI=1S/C12H13BrClN3O2S/c13-8-4-10-12(15-6-8)17(11(5-14)16-10)9-2-1-3-20(18,19)7-9/h4,6,9H,1-3,5,7H2. The molecule has 1 aliphatic rings. The Morgan fingerprint density at radius 2 is 2.30 bits per heavy atom. The monoisotopic (exact) mass is 377 g/mol. The second kappa shape index (κ2) is 5.27. The maximum atomic E-state index is 11.9. The van der Waals surface area contributed by atoms with Gasteiger partial charge in [0.1, 0.15) is 11.3 Å². The molecule has 0 N–H and O–H groups in total. The first-order chi connectivity index (χ1) is 9.50. The molecule has 0 bridgehead atoms. The molecule has 0 aliphatic carbocycles. The lowest BCUT2D eigenvalue weighted by atomic mass is 10.2. The molecule has 2 aromatic rings. The molecule has 0 aromatic carbocycles. The maximum Gasteiger partial charge on any atom is 0.160 e. The van der Waals surface area contributed by atoms with Crippen LogP contribution < -0.4 is 0 Å². The molecular weight excluding hydrogens is 366 g/mol. The van der Waals surface area contributed by atoms with Gasteiger partial charge in [0.25, 0.3) is 0 Å². The van der Waals surface area contributed by atoms with Crippen molar-refractivity contribution in [1.82, 2.24) is 14.5 Å². The zero-order valence-corrected chi connectivity index (χ0v) is 13.7. The molecule has 0 saturated carbocycles. The highest BCUT2D eigenvalue weighted by atomic mass is 79.9. The average Bonchev–Trinajstić information content (AvgIpc) is 2.74. The van der Waals surface area contributed by atoms with Crippen molar-refractivity contribution in [3.63, 3.8) is 0 Å². The summed E-state index contributed by atoms with van der Waals surface area (Å²) < 4.78 is 26.4. The Morgan fingerprint density at radius 3 is 3.00 bits per heavy atom. The second-order valence-electron chi connectivity index (χ2n) is 4.94. The number of sulfone groups is 1. The van der Waals surface area contributed by atoms with E-state index in [-0.39, 0.29) is 23.4 Å². The molecular formula is C12H13BrClN3O2S. The predicted molar refractivity (Wildman–Crippen MR) is 81.7 cm³/mol. The topological polar surface area (TPSA) is 64.8 Å². The normalized spacial score (nSPS) is 22.2. The van der Waals surface area contributed by atoms with E-state index >= 15 is 0 Å². The third kappa shape index (κ3) is 2.58. The van der Waals surface area contributed by atoms with E-state index in [0.29, 0.717) is 17.9 Å². The molecule has 1 unspecified atom stereocenters. The van der Waals surface area contributed by atoms with Gasteiger partial charge in [-0.2, -0.15) is 0 Å². The molecule has 1 aliphatic heterocycles. The van der Waals surface area contributed by atoms with E-state index in [1.807, 2.05) is 10.6 Å². The van der Waals surface area contributed by atoms with Crippen LogP contribution in [0, 0.1) is 0 Å². The summed E-state index contributed by atoms with van der Waals surface area (Å²) in [6.07, 6.45) is 3.17. The van der Waals surface area contributed by atoms with Crippen LogP contribution in [0.4, 0.5) is 0 Å². The number of hydrogen-bond acceptors (Lipinski definition) is 4. The van der Waals surface area contributed by atoms with Gasteiger partial charge < -0.3 is 4.57 Å². The van der Waals surface area contributed by atoms with Gasteiger partial charge in [-0.15, -0.1) is 11.6 Å². The molecule has 108 valence electrons. The van der Waals surface area contributed by atoms with E-state index < -0.39 is 9.84 Å². The van der Waals surface area contributed by atoms with Crippen LogP contribution in [-0.2, 0) is 15.7 Å². The first-order valence-corrected chi connectivity index (χ1v) is 9.44. The Bertz CT molecular complexity index is 759. The summed E-state index contributed by atoms with van der Waals surface area (Å²) in [7, 11) is -2.99. The Kier molecular flexibility index (Phi) is 3.77. The number of imidazole rings is 1. The molecule has 20 heavy (non-hydrogen) atoms. The van der Waals surface area contributed by atoms with Crippen LogP contribution in [0.2, 0.25) is 0 Å². The predicted octanol–water partition coefficient (Wildman–Crippen LogP) is 2.68. The molecule has 8 heteroatoms. The Balaban J connectivity index is 2.14. The zero-order valence-electron chi connectivity index (χ0n) is 10.6. The second-order valence-corrected chi connectivity index (χ2v) is 8.35. The Hall–Kier alpha value is -0.660. The van der Waals surface area contributed by atoms with Crippen molar-refractivity contribution in [2.24, 2.45) is 0 Å². The third-order valence-corrected chi connectivity index (χ3v) is 5.97. The lowest BCUT2D eigenvalue weighted by molar-refractivity contribution is 0.469. The lowest BCUT2D eigenvalue weighted by Crippen LogP contribution is -2.28. The number of fused-ring (bicyclic) bond motifs is 1. The van der Waals surface area contributed by atoms with Gasteiger partial charge in [0, 0.05) is 10.7 Å². The highest BCUT2D eigenvalue weighted by Gasteiger charge is 2.29. The summed E-state index contributed by atoms with van der Waals surface area (Å²) in [4.78, 5) is 8.83. The number of nitrogens with zero attached hydrogens (tertiary/aromatic N) is 3. The van der Waals surface area contributed by atoms with Crippen LogP contribution in [0.15, 0.2) is 16.7 Å². The third-order valence-electron chi connectivity index (χ3n) is 3.49. The smallest absolute Gasteiger partial charge is 0.160 e. The van der Waals surface area contributed by atoms with Crippen molar-refractivity contribution in [1.29, 1.82) is 0 Å². The van der Waals surface area contributed by atoms with E-state index in [1.54, 1.807) is 6.20 Å². The minimum absolute atomic E-state index is 0.124. The number of aromatic nitrogens is 3. The minimum atomic E-state index is -2.99. The largest absolute Gasteiger partial charge is 0.308 e. The molecule has 1 atom stereocenters. The van der Waals surface area contributed by atoms with Crippen molar-refractivity contribution in [3.05, 3.63) is 22.6 Å². The molecule has 0 amide bonds. The SMILES string of the molecule is O=S1(=O)CCCC(n2c(CCl)nc3cc(Br)cnc32)C1. The van der Waals surface area contributed by atoms with Gasteiger partial charge in [0.15, 0.2) is 15.5 Å². The molecule has 2 aromatic heterocycles. The van der Waals surface area contributed by atoms with Crippen LogP contribution in [0.3, 0.4) is 0 Å². The van der Waals surface area contributed by atoms with Crippen molar-refractivity contribution in [3.8, 4) is 0 Å². The van der Waals surface area contributed by atoms with E-state index in [4.69, 9.17) is 11.6 Å². The summed E-state index contributed by atoms with van der Waals surface area (Å²) in [6.45, 7) is 0. The number of pyridine rings is 1. The van der Waals surface area contributed by atoms with Crippen LogP contribution in [-0.4, -0.2) is 34.5 Å². The van der Waals surface area contributed by atoms with Crippen molar-refractivity contribution < 1.29 is 8.42 Å². The van der Waals surface area contributed by atoms with Gasteiger partial charge in [0.2, 0.25) is 0 Å². The van der Waals surface area contributed by atoms with Gasteiger partial charge in [-0.1, -0.05) is 0 Å². The number of alkyl halides is 1. The van der Waals surface area contributed by atoms with Gasteiger partial charge in [-0.3, -0.25) is 0 Å². The van der Waals surface area contributed by atoms with Crippen LogP contribution in [0.5, 0.6) is 0 Å². The molecule has 3 rings (SSSR count). The van der Waals surface area contributed by atoms with Gasteiger partial charge >= 0.3 is 0 Å². The molecule has 3 heterocycles. The van der Waals surface area contributed by atoms with Crippen molar-refractivity contribution in [2.45, 2.75) is 24.8 Å². The number of rotatable bonds is 2. The quantitative estimate of drug-likeness (QED) is 0.754. The summed E-state index contributed by atoms with van der Waals surface area (Å²) in [5, 5.41) is 0. The molecule has 5 nitrogen and oxygen atoms in total. The highest BCUT2D eigenvalue weighted by molar-refractivity contribution is 9.10. The number of hydrogen-bond donors (Lipinski definition) is 0. The van der Waals surface area contributed by atoms with Crippen LogP contribution in [0.1, 0.15) is 24.7 Å². The molecule has 1 saturated heterocycles. The minimum Gasteiger partial charge on any atom is -0.308 e. The first-order valence-electron chi connectivity index (χ1n) is 6.29. The van der Waals surface area contributed by atoms with Crippen molar-refractivity contribution >= 4 is 48.5 Å². The van der Waals surface area contributed by atoms with E-state index in [2.05, 4.69) is 25.9 Å². The molecule has 1 fully saturated rings. The zero-order chi connectivity index (χ0) is 14.3. The molecule has 0 spiro atoms. The number of halogens is 2. The van der Waals surface area contributed by atoms with E-state index in [1.165, 1.54) is 0 Å². The fourth-order valence-corrected chi connectivity index (χ4v) is 4.87. The molecule has 0 radical (unpaired) electrons. The highest BCUT2D eigenvalue weighted by Crippen LogP contribution is 2.29. The fourth-order valence-electron chi connectivity index (χ4n) is 2.68.